The van der Waals surface area contributed by atoms with Gasteiger partial charge in [0.05, 0.1) is 12.3 Å². The molecule has 0 aromatic heterocycles. The number of carbonyl (C=O) groups is 2. The van der Waals surface area contributed by atoms with Crippen LogP contribution in [0.5, 0.6) is 0 Å². The largest absolute Gasteiger partial charge is 0.653 e. The molecule has 0 N–H and O–H groups in total. The molecule has 24 nitrogen and oxygen atoms in total. The van der Waals surface area contributed by atoms with Crippen molar-refractivity contribution in [3.8, 4) is 0 Å². The molecular formula is C30H78O24Si16. The van der Waals surface area contributed by atoms with E-state index >= 15 is 0 Å². The van der Waals surface area contributed by atoms with Crippen molar-refractivity contribution in [1.82, 2.24) is 0 Å². The molecule has 2 unspecified atom stereocenters. The van der Waals surface area contributed by atoms with Crippen LogP contribution in [0.25, 0.3) is 0 Å². The maximum Gasteiger partial charge on any atom is 0.653 e. The van der Waals surface area contributed by atoms with Gasteiger partial charge < -0.3 is 91.5 Å². The van der Waals surface area contributed by atoms with Gasteiger partial charge in [0.25, 0.3) is 0 Å². The second-order valence-corrected chi connectivity index (χ2v) is 81.8. The van der Waals surface area contributed by atoms with Crippen molar-refractivity contribution in [1.29, 1.82) is 0 Å². The lowest BCUT2D eigenvalue weighted by atomic mass is 10.0. The Morgan fingerprint density at radius 2 is 0.600 bits per heavy atom. The van der Waals surface area contributed by atoms with Gasteiger partial charge >= 0.3 is 92.9 Å². The van der Waals surface area contributed by atoms with Crippen LogP contribution in [0.1, 0.15) is 19.3 Å². The van der Waals surface area contributed by atoms with Crippen LogP contribution in [0.4, 0.5) is 0 Å². The number of cyclic esters (lactones) is 2. The summed E-state index contributed by atoms with van der Waals surface area (Å²) in [7, 11) is -64.7. The number of hydrogen-bond donors (Lipinski definition) is 0. The zero-order valence-corrected chi connectivity index (χ0v) is 61.2. The third kappa shape index (κ3) is 16.0. The van der Waals surface area contributed by atoms with Crippen molar-refractivity contribution in [3.63, 3.8) is 0 Å². The number of hydrogen-bond acceptors (Lipinski definition) is 24. The van der Waals surface area contributed by atoms with Crippen LogP contribution in [-0.2, 0) is 101 Å². The van der Waals surface area contributed by atoms with Gasteiger partial charge in [0.1, 0.15) is 0 Å². The van der Waals surface area contributed by atoms with E-state index in [0.29, 0.717) is 6.42 Å². The smallest absolute Gasteiger partial charge is 0.398 e. The molecule has 0 spiro atoms. The van der Waals surface area contributed by atoms with E-state index < -0.39 is 157 Å². The number of esters is 2. The summed E-state index contributed by atoms with van der Waals surface area (Å²) in [5.41, 5.74) is 0. The Morgan fingerprint density at radius 3 is 0.771 bits per heavy atom. The summed E-state index contributed by atoms with van der Waals surface area (Å²) >= 11 is 0. The standard InChI is InChI=1S/C30H78O24Si16/c1-33-62(23,26-24-25-28-27-29(31)34-30(28)32)42-70-52-67(39-59(14,15)16)46-64(36-56(5,6)7)43-63(35-55(2,3)4)44-65(48-67,37-57(8,9)10)50-69(54-70,41-61(20,21)22)51-66(45-63,38-58(11,12)13)49-68(47-64,53-70)40-60(17,18)19/h28H,24-27H2,1-23H3. The molecule has 0 aromatic rings. The van der Waals surface area contributed by atoms with Gasteiger partial charge in [0.2, 0.25) is 0 Å². The summed E-state index contributed by atoms with van der Waals surface area (Å²) in [5, 5.41) is 0. The molecule has 7 saturated heterocycles. The normalized spacial score (nSPS) is 38.5. The molecule has 0 saturated carbocycles. The third-order valence-electron chi connectivity index (χ3n) is 8.94. The Kier molecular flexibility index (Phi) is 17.0. The van der Waals surface area contributed by atoms with E-state index in [-0.39, 0.29) is 18.9 Å². The SMILES string of the molecule is CO[Si](C)(CCCC1CC(=O)OC1=O)O[Si]12O[Si]3(O[Si](C)(C)C)O[Si]4(O[Si](C)(C)C)O[Si]5(O[Si](C)(C)C)O[Si](O[Si](C)(C)C)(O3)O[Si](O[Si](C)(C)C)(O[Si](O[Si](C)(C)C)(O5)O[Si](O[Si](C)(C)C)(O4)O1)O2. The minimum atomic E-state index is -5.39. The van der Waals surface area contributed by atoms with Gasteiger partial charge in [-0.15, -0.1) is 0 Å². The van der Waals surface area contributed by atoms with Crippen molar-refractivity contribution in [3.05, 3.63) is 0 Å². The van der Waals surface area contributed by atoms with E-state index in [2.05, 4.69) is 0 Å². The molecule has 40 heteroatoms. The summed E-state index contributed by atoms with van der Waals surface area (Å²) in [4.78, 5) is 24.7. The zero-order valence-electron chi connectivity index (χ0n) is 45.2. The van der Waals surface area contributed by atoms with Crippen LogP contribution in [0.2, 0.25) is 150 Å². The summed E-state index contributed by atoms with van der Waals surface area (Å²) in [6.45, 7) is 42.0. The molecule has 0 amide bonds. The Hall–Kier alpha value is 1.77. The van der Waals surface area contributed by atoms with E-state index in [1.165, 1.54) is 7.11 Å². The van der Waals surface area contributed by atoms with Gasteiger partial charge in [-0.1, -0.05) is 6.42 Å². The minimum Gasteiger partial charge on any atom is -0.398 e. The summed E-state index contributed by atoms with van der Waals surface area (Å²) < 4.78 is 158. The lowest BCUT2D eigenvalue weighted by Crippen LogP contribution is -2.93. The maximum absolute atomic E-state index is 12.6. The lowest BCUT2D eigenvalue weighted by molar-refractivity contribution is -0.153. The number of rotatable bonds is 21. The fraction of sp³-hybridized carbons (Fsp3) is 0.933. The van der Waals surface area contributed by atoms with Gasteiger partial charge in [-0.2, -0.15) is 0 Å². The second-order valence-electron chi connectivity index (χ2n) is 24.8. The van der Waals surface area contributed by atoms with Crippen LogP contribution >= 0.6 is 0 Å². The van der Waals surface area contributed by atoms with Crippen molar-refractivity contribution < 1.29 is 101 Å². The Bertz CT molecular complexity index is 1790. The predicted octanol–water partition coefficient (Wildman–Crippen LogP) is 6.30. The zero-order chi connectivity index (χ0) is 53.1. The topological polar surface area (TPSA) is 237 Å². The molecule has 2 atom stereocenters. The first kappa shape index (κ1) is 61.0. The molecule has 7 aliphatic heterocycles. The van der Waals surface area contributed by atoms with Gasteiger partial charge in [-0.25, -0.2) is 0 Å². The highest BCUT2D eigenvalue weighted by atomic mass is 28.7. The average molecular weight is 1270 g/mol. The lowest BCUT2D eigenvalue weighted by Gasteiger charge is -2.60. The first-order valence-electron chi connectivity index (χ1n) is 23.4. The minimum absolute atomic E-state index is 0.0375. The molecule has 70 heavy (non-hydrogen) atoms. The molecule has 0 aromatic carbocycles. The quantitative estimate of drug-likeness (QED) is 0.0696. The Morgan fingerprint density at radius 1 is 0.386 bits per heavy atom. The molecule has 7 rings (SSSR count). The van der Waals surface area contributed by atoms with Crippen molar-refractivity contribution in [2.45, 2.75) is 169 Å². The third-order valence-corrected chi connectivity index (χ3v) is 61.9. The van der Waals surface area contributed by atoms with Crippen LogP contribution in [-0.4, -0.2) is 158 Å². The molecule has 0 radical (unpaired) electrons. The van der Waals surface area contributed by atoms with Crippen molar-refractivity contribution in [2.24, 2.45) is 5.92 Å². The second kappa shape index (κ2) is 19.5. The fourth-order valence-electron chi connectivity index (χ4n) is 7.33. The molecule has 406 valence electrons. The van der Waals surface area contributed by atoms with Crippen molar-refractivity contribution >= 4 is 151 Å². The highest BCUT2D eigenvalue weighted by Gasteiger charge is 2.92. The molecule has 8 bridgehead atoms. The highest BCUT2D eigenvalue weighted by molar-refractivity contribution is 7.04. The van der Waals surface area contributed by atoms with Crippen molar-refractivity contribution in [2.75, 3.05) is 7.11 Å². The summed E-state index contributed by atoms with van der Waals surface area (Å²) in [6, 6.07) is 0.206. The van der Waals surface area contributed by atoms with Crippen LogP contribution in [0.15, 0.2) is 0 Å². The van der Waals surface area contributed by atoms with Crippen LogP contribution in [0, 0.1) is 5.92 Å². The van der Waals surface area contributed by atoms with Gasteiger partial charge in [0.15, 0.2) is 58.2 Å². The van der Waals surface area contributed by atoms with Crippen LogP contribution in [0.3, 0.4) is 0 Å². The maximum atomic E-state index is 12.6. The molecule has 7 heterocycles. The average Bonchev–Trinajstić information content (AvgIpc) is 3.30. The molecule has 7 fully saturated rings. The van der Waals surface area contributed by atoms with E-state index in [9.17, 15) is 9.59 Å². The van der Waals surface area contributed by atoms with Gasteiger partial charge in [-0.05, 0) is 156 Å². The summed E-state index contributed by atoms with van der Waals surface area (Å²) in [6.07, 6.45) is 0.596. The molecular weight excluding hydrogens is 1190 g/mol. The Labute approximate surface area is 431 Å². The predicted molar refractivity (Wildman–Crippen MR) is 283 cm³/mol. The van der Waals surface area contributed by atoms with E-state index in [1.807, 2.05) is 137 Å². The Balaban J connectivity index is 1.78. The monoisotopic (exact) mass is 1270 g/mol. The number of carbonyl (C=O) groups excluding carboxylic acids is 2. The number of ether oxygens (including phenoxy) is 1. The molecule has 0 aliphatic carbocycles. The highest BCUT2D eigenvalue weighted by Crippen LogP contribution is 2.53. The summed E-state index contributed by atoms with van der Waals surface area (Å²) in [5.74, 6) is -1.80. The first-order chi connectivity index (χ1) is 31.1. The van der Waals surface area contributed by atoms with E-state index in [4.69, 9.17) is 91.5 Å². The van der Waals surface area contributed by atoms with Gasteiger partial charge in [-0.3, -0.25) is 9.59 Å². The fourth-order valence-corrected chi connectivity index (χ4v) is 72.9. The molecule has 7 aliphatic rings. The van der Waals surface area contributed by atoms with E-state index in [1.54, 1.807) is 6.55 Å². The van der Waals surface area contributed by atoms with Gasteiger partial charge in [0, 0.05) is 7.11 Å². The van der Waals surface area contributed by atoms with E-state index in [0.717, 1.165) is 0 Å². The first-order valence-corrected chi connectivity index (χ1v) is 62.9. The van der Waals surface area contributed by atoms with Crippen LogP contribution < -0.4 is 0 Å².